The van der Waals surface area contributed by atoms with E-state index in [0.717, 1.165) is 0 Å². The van der Waals surface area contributed by atoms with Crippen LogP contribution in [-0.4, -0.2) is 47.0 Å². The molecule has 38 heavy (non-hydrogen) atoms. The summed E-state index contributed by atoms with van der Waals surface area (Å²) in [5, 5.41) is 32.2. The molecule has 0 saturated heterocycles. The highest BCUT2D eigenvalue weighted by atomic mass is 16.4. The lowest BCUT2D eigenvalue weighted by Gasteiger charge is -2.15. The minimum Gasteiger partial charge on any atom is -0.478 e. The van der Waals surface area contributed by atoms with Gasteiger partial charge in [0.2, 0.25) is 0 Å². The predicted molar refractivity (Wildman–Crippen MR) is 148 cm³/mol. The van der Waals surface area contributed by atoms with Gasteiger partial charge in [-0.2, -0.15) is 0 Å². The first-order valence-electron chi connectivity index (χ1n) is 11.9. The number of amides is 2. The molecule has 0 aliphatic carbocycles. The van der Waals surface area contributed by atoms with E-state index in [-0.39, 0.29) is 46.5 Å². The Labute approximate surface area is 220 Å². The number of hydrogen-bond donors (Lipinski definition) is 6. The number of nitrogen functional groups attached to an aromatic ring is 1. The standard InChI is InChI=1S/C29H30N4O5/c1-17(2)16-32-27(35)20-8-12-23(25(15-20)29(37)38)22-11-5-18(4-3-13-34)14-24(22)28(36)33-21-9-6-19(7-10-21)26(30)31/h3-12,14-15,17,34H,13,16H2,1-2H3,(H3,30,31)(H,32,35)(H,33,36)(H,37,38)/b4-3+. The van der Waals surface area contributed by atoms with Crippen LogP contribution in [0, 0.1) is 11.3 Å². The van der Waals surface area contributed by atoms with E-state index in [1.807, 2.05) is 13.8 Å². The number of rotatable bonds is 10. The molecule has 0 aromatic heterocycles. The second-order valence-electron chi connectivity index (χ2n) is 9.00. The zero-order valence-electron chi connectivity index (χ0n) is 21.1. The van der Waals surface area contributed by atoms with E-state index in [0.29, 0.717) is 28.9 Å². The number of aliphatic hydroxyl groups is 1. The second-order valence-corrected chi connectivity index (χ2v) is 9.00. The largest absolute Gasteiger partial charge is 0.478 e. The maximum Gasteiger partial charge on any atom is 0.336 e. The Morgan fingerprint density at radius 3 is 2.16 bits per heavy atom. The number of amidine groups is 1. The molecule has 0 heterocycles. The van der Waals surface area contributed by atoms with Crippen LogP contribution in [-0.2, 0) is 0 Å². The van der Waals surface area contributed by atoms with Crippen LogP contribution in [0.3, 0.4) is 0 Å². The summed E-state index contributed by atoms with van der Waals surface area (Å²) in [6, 6.07) is 15.7. The molecule has 0 aliphatic rings. The molecule has 3 aromatic carbocycles. The summed E-state index contributed by atoms with van der Waals surface area (Å²) in [4.78, 5) is 38.1. The van der Waals surface area contributed by atoms with Crippen molar-refractivity contribution < 1.29 is 24.6 Å². The molecule has 3 rings (SSSR count). The molecule has 0 aliphatic heterocycles. The summed E-state index contributed by atoms with van der Waals surface area (Å²) in [7, 11) is 0. The van der Waals surface area contributed by atoms with Crippen LogP contribution in [0.2, 0.25) is 0 Å². The molecular formula is C29H30N4O5. The summed E-state index contributed by atoms with van der Waals surface area (Å²) < 4.78 is 0. The van der Waals surface area contributed by atoms with Crippen molar-refractivity contribution in [3.8, 4) is 11.1 Å². The van der Waals surface area contributed by atoms with Gasteiger partial charge in [0.05, 0.1) is 12.2 Å². The molecule has 0 spiro atoms. The number of nitrogens with one attached hydrogen (secondary N) is 3. The third-order valence-electron chi connectivity index (χ3n) is 5.63. The van der Waals surface area contributed by atoms with Crippen LogP contribution in [0.5, 0.6) is 0 Å². The summed E-state index contributed by atoms with van der Waals surface area (Å²) >= 11 is 0. The highest BCUT2D eigenvalue weighted by Gasteiger charge is 2.21. The van der Waals surface area contributed by atoms with Gasteiger partial charge in [-0.3, -0.25) is 15.0 Å². The van der Waals surface area contributed by atoms with Gasteiger partial charge in [-0.05, 0) is 65.1 Å². The third-order valence-corrected chi connectivity index (χ3v) is 5.63. The molecule has 0 saturated carbocycles. The smallest absolute Gasteiger partial charge is 0.336 e. The number of hydrogen-bond acceptors (Lipinski definition) is 5. The van der Waals surface area contributed by atoms with E-state index >= 15 is 0 Å². The average molecular weight is 515 g/mol. The fraction of sp³-hybridized carbons (Fsp3) is 0.172. The summed E-state index contributed by atoms with van der Waals surface area (Å²) in [5.41, 5.74) is 7.98. The Bertz CT molecular complexity index is 1390. The van der Waals surface area contributed by atoms with Gasteiger partial charge >= 0.3 is 5.97 Å². The van der Waals surface area contributed by atoms with Crippen molar-refractivity contribution >= 4 is 35.4 Å². The maximum absolute atomic E-state index is 13.4. The van der Waals surface area contributed by atoms with E-state index in [1.54, 1.807) is 48.5 Å². The summed E-state index contributed by atoms with van der Waals surface area (Å²) in [6.07, 6.45) is 3.16. The molecule has 196 valence electrons. The second kappa shape index (κ2) is 12.5. The quantitative estimate of drug-likeness (QED) is 0.177. The van der Waals surface area contributed by atoms with E-state index in [4.69, 9.17) is 16.2 Å². The van der Waals surface area contributed by atoms with Crippen molar-refractivity contribution in [3.63, 3.8) is 0 Å². The van der Waals surface area contributed by atoms with Gasteiger partial charge < -0.3 is 26.6 Å². The van der Waals surface area contributed by atoms with Crippen LogP contribution < -0.4 is 16.4 Å². The molecule has 9 heteroatoms. The highest BCUT2D eigenvalue weighted by molar-refractivity contribution is 6.11. The Balaban J connectivity index is 2.06. The van der Waals surface area contributed by atoms with Gasteiger partial charge in [0, 0.05) is 28.9 Å². The van der Waals surface area contributed by atoms with Gasteiger partial charge in [-0.1, -0.05) is 44.2 Å². The third kappa shape index (κ3) is 6.92. The Morgan fingerprint density at radius 2 is 1.55 bits per heavy atom. The number of aliphatic hydroxyl groups excluding tert-OH is 1. The first kappa shape index (κ1) is 27.8. The lowest BCUT2D eigenvalue weighted by atomic mass is 9.92. The zero-order chi connectivity index (χ0) is 27.8. The fourth-order valence-electron chi connectivity index (χ4n) is 3.70. The van der Waals surface area contributed by atoms with E-state index < -0.39 is 11.9 Å². The van der Waals surface area contributed by atoms with Crippen LogP contribution >= 0.6 is 0 Å². The molecule has 2 amide bonds. The molecule has 7 N–H and O–H groups in total. The number of aromatic carboxylic acids is 1. The maximum atomic E-state index is 13.4. The number of nitrogens with two attached hydrogens (primary N) is 1. The zero-order valence-corrected chi connectivity index (χ0v) is 21.1. The van der Waals surface area contributed by atoms with Gasteiger partial charge in [-0.25, -0.2) is 4.79 Å². The molecule has 0 bridgehead atoms. The highest BCUT2D eigenvalue weighted by Crippen LogP contribution is 2.30. The number of anilines is 1. The van der Waals surface area contributed by atoms with Crippen LogP contribution in [0.25, 0.3) is 17.2 Å². The minimum absolute atomic E-state index is 0.101. The number of carboxylic acid groups (broad SMARTS) is 1. The Morgan fingerprint density at radius 1 is 0.921 bits per heavy atom. The first-order valence-corrected chi connectivity index (χ1v) is 11.9. The number of carboxylic acids is 1. The molecule has 9 nitrogen and oxygen atoms in total. The normalized spacial score (nSPS) is 10.9. The van der Waals surface area contributed by atoms with E-state index in [2.05, 4.69) is 10.6 Å². The number of benzene rings is 3. The molecule has 0 fully saturated rings. The van der Waals surface area contributed by atoms with Crippen molar-refractivity contribution in [2.75, 3.05) is 18.5 Å². The molecule has 0 radical (unpaired) electrons. The van der Waals surface area contributed by atoms with Crippen molar-refractivity contribution in [3.05, 3.63) is 94.6 Å². The molecule has 0 unspecified atom stereocenters. The lowest BCUT2D eigenvalue weighted by Crippen LogP contribution is -2.27. The topological polar surface area (TPSA) is 166 Å². The van der Waals surface area contributed by atoms with Crippen molar-refractivity contribution in [1.82, 2.24) is 5.32 Å². The van der Waals surface area contributed by atoms with Crippen LogP contribution in [0.4, 0.5) is 5.69 Å². The predicted octanol–water partition coefficient (Wildman–Crippen LogP) is 3.98. The Hall–Kier alpha value is -4.76. The first-order chi connectivity index (χ1) is 18.1. The minimum atomic E-state index is -1.24. The molecule has 3 aromatic rings. The van der Waals surface area contributed by atoms with Crippen molar-refractivity contribution in [2.45, 2.75) is 13.8 Å². The fourth-order valence-corrected chi connectivity index (χ4v) is 3.70. The monoisotopic (exact) mass is 514 g/mol. The van der Waals surface area contributed by atoms with E-state index in [1.165, 1.54) is 24.3 Å². The molecular weight excluding hydrogens is 484 g/mol. The average Bonchev–Trinajstić information content (AvgIpc) is 2.90. The van der Waals surface area contributed by atoms with Crippen LogP contribution in [0.15, 0.2) is 66.7 Å². The SMILES string of the molecule is CC(C)CNC(=O)c1ccc(-c2ccc(/C=C/CO)cc2C(=O)Nc2ccc(C(=N)N)cc2)c(C(=O)O)c1. The Kier molecular flexibility index (Phi) is 9.13. The lowest BCUT2D eigenvalue weighted by molar-refractivity contribution is 0.0697. The van der Waals surface area contributed by atoms with Gasteiger partial charge in [-0.15, -0.1) is 0 Å². The van der Waals surface area contributed by atoms with Crippen molar-refractivity contribution in [1.29, 1.82) is 5.41 Å². The number of carbonyl (C=O) groups excluding carboxylic acids is 2. The van der Waals surface area contributed by atoms with Crippen LogP contribution in [0.1, 0.15) is 56.0 Å². The summed E-state index contributed by atoms with van der Waals surface area (Å²) in [5.74, 6) is -1.99. The van der Waals surface area contributed by atoms with Gasteiger partial charge in [0.15, 0.2) is 0 Å². The van der Waals surface area contributed by atoms with Crippen molar-refractivity contribution in [2.24, 2.45) is 11.7 Å². The summed E-state index contributed by atoms with van der Waals surface area (Å²) in [6.45, 7) is 4.17. The molecule has 0 atom stereocenters. The van der Waals surface area contributed by atoms with E-state index in [9.17, 15) is 19.5 Å². The number of carbonyl (C=O) groups is 3. The van der Waals surface area contributed by atoms with Gasteiger partial charge in [0.1, 0.15) is 5.84 Å². The van der Waals surface area contributed by atoms with Gasteiger partial charge in [0.25, 0.3) is 11.8 Å².